The van der Waals surface area contributed by atoms with Gasteiger partial charge in [-0.25, -0.2) is 0 Å². The average molecular weight is 722 g/mol. The molecule has 2 unspecified atom stereocenters. The molecule has 1 amide bonds. The van der Waals surface area contributed by atoms with E-state index in [1.165, 1.54) is 154 Å². The first-order valence-electron chi connectivity index (χ1n) is 22.5. The van der Waals surface area contributed by atoms with Crippen molar-refractivity contribution in [2.75, 3.05) is 13.2 Å². The number of ether oxygens (including phenoxy) is 1. The molecule has 0 radical (unpaired) electrons. The third kappa shape index (κ3) is 38.1. The van der Waals surface area contributed by atoms with Crippen LogP contribution in [0.15, 0.2) is 12.2 Å². The largest absolute Gasteiger partial charge is 0.466 e. The van der Waals surface area contributed by atoms with Gasteiger partial charge in [-0.15, -0.1) is 0 Å². The number of aliphatic hydroxyl groups is 2. The summed E-state index contributed by atoms with van der Waals surface area (Å²) in [4.78, 5) is 24.3. The van der Waals surface area contributed by atoms with Crippen molar-refractivity contribution < 1.29 is 24.5 Å². The van der Waals surface area contributed by atoms with Crippen molar-refractivity contribution in [3.05, 3.63) is 12.2 Å². The van der Waals surface area contributed by atoms with E-state index in [2.05, 4.69) is 19.2 Å². The molecule has 0 heterocycles. The van der Waals surface area contributed by atoms with E-state index < -0.39 is 12.1 Å². The number of hydrogen-bond donors (Lipinski definition) is 3. The molecule has 0 aliphatic heterocycles. The molecular formula is C45H87NO5. The Morgan fingerprint density at radius 1 is 0.529 bits per heavy atom. The Bertz CT molecular complexity index is 757. The number of nitrogens with one attached hydrogen (secondary N) is 1. The van der Waals surface area contributed by atoms with Crippen molar-refractivity contribution in [3.63, 3.8) is 0 Å². The molecule has 6 nitrogen and oxygen atoms in total. The Morgan fingerprint density at radius 3 is 1.33 bits per heavy atom. The van der Waals surface area contributed by atoms with Crippen LogP contribution in [0.2, 0.25) is 0 Å². The number of allylic oxidation sites excluding steroid dienone is 1. The number of aliphatic hydroxyl groups excluding tert-OH is 2. The molecule has 0 saturated heterocycles. The van der Waals surface area contributed by atoms with Crippen LogP contribution >= 0.6 is 0 Å². The molecule has 0 bridgehead atoms. The van der Waals surface area contributed by atoms with Crippen LogP contribution < -0.4 is 5.32 Å². The van der Waals surface area contributed by atoms with Gasteiger partial charge in [0.1, 0.15) is 0 Å². The molecule has 0 aromatic rings. The molecule has 0 spiro atoms. The highest BCUT2D eigenvalue weighted by atomic mass is 16.5. The lowest BCUT2D eigenvalue weighted by Crippen LogP contribution is -2.45. The second-order valence-corrected chi connectivity index (χ2v) is 15.4. The van der Waals surface area contributed by atoms with E-state index in [-0.39, 0.29) is 18.5 Å². The van der Waals surface area contributed by atoms with Crippen molar-refractivity contribution in [2.24, 2.45) is 0 Å². The normalized spacial score (nSPS) is 12.8. The monoisotopic (exact) mass is 722 g/mol. The van der Waals surface area contributed by atoms with Crippen molar-refractivity contribution in [1.29, 1.82) is 0 Å². The second-order valence-electron chi connectivity index (χ2n) is 15.4. The van der Waals surface area contributed by atoms with Crippen LogP contribution in [0.3, 0.4) is 0 Å². The Morgan fingerprint density at radius 2 is 0.902 bits per heavy atom. The van der Waals surface area contributed by atoms with Gasteiger partial charge >= 0.3 is 5.97 Å². The first-order chi connectivity index (χ1) is 25.0. The van der Waals surface area contributed by atoms with Crippen LogP contribution in [-0.2, 0) is 14.3 Å². The standard InChI is InChI=1S/C45H87NO5/c1-3-5-7-9-11-13-15-16-17-19-21-25-29-33-37-43(48)42(41-47)46-44(49)38-34-30-26-22-20-24-28-32-36-40-51-45(50)39-35-31-27-23-18-14-12-10-8-6-4-2/h33,37,42-43,47-48H,3-32,34-36,38-41H2,1-2H3,(H,46,49)/b37-33+. The van der Waals surface area contributed by atoms with Crippen molar-refractivity contribution >= 4 is 11.9 Å². The maximum Gasteiger partial charge on any atom is 0.305 e. The quantitative estimate of drug-likeness (QED) is 0.0332. The zero-order valence-electron chi connectivity index (χ0n) is 34.1. The minimum Gasteiger partial charge on any atom is -0.466 e. The van der Waals surface area contributed by atoms with E-state index >= 15 is 0 Å². The number of carbonyl (C=O) groups excluding carboxylic acids is 2. The average Bonchev–Trinajstić information content (AvgIpc) is 3.13. The maximum absolute atomic E-state index is 12.4. The lowest BCUT2D eigenvalue weighted by molar-refractivity contribution is -0.143. The van der Waals surface area contributed by atoms with Gasteiger partial charge in [0.05, 0.1) is 25.4 Å². The maximum atomic E-state index is 12.4. The fourth-order valence-electron chi connectivity index (χ4n) is 6.81. The van der Waals surface area contributed by atoms with Gasteiger partial charge in [-0.3, -0.25) is 9.59 Å². The summed E-state index contributed by atoms with van der Waals surface area (Å²) in [6.45, 7) is 4.82. The van der Waals surface area contributed by atoms with Crippen molar-refractivity contribution in [3.8, 4) is 0 Å². The molecule has 6 heteroatoms. The zero-order chi connectivity index (χ0) is 37.3. The lowest BCUT2D eigenvalue weighted by atomic mass is 10.0. The molecule has 302 valence electrons. The number of hydrogen-bond acceptors (Lipinski definition) is 5. The van der Waals surface area contributed by atoms with Gasteiger partial charge in [0, 0.05) is 12.8 Å². The van der Waals surface area contributed by atoms with Gasteiger partial charge in [0.2, 0.25) is 5.91 Å². The molecule has 0 aromatic carbocycles. The van der Waals surface area contributed by atoms with Crippen LogP contribution in [0.5, 0.6) is 0 Å². The second kappa shape index (κ2) is 41.4. The summed E-state index contributed by atoms with van der Waals surface area (Å²) >= 11 is 0. The number of esters is 1. The first-order valence-corrected chi connectivity index (χ1v) is 22.5. The predicted molar refractivity (Wildman–Crippen MR) is 218 cm³/mol. The highest BCUT2D eigenvalue weighted by Gasteiger charge is 2.18. The molecule has 0 fully saturated rings. The topological polar surface area (TPSA) is 95.9 Å². The van der Waals surface area contributed by atoms with Gasteiger partial charge in [0.15, 0.2) is 0 Å². The van der Waals surface area contributed by atoms with E-state index in [9.17, 15) is 19.8 Å². The molecule has 2 atom stereocenters. The lowest BCUT2D eigenvalue weighted by Gasteiger charge is -2.20. The van der Waals surface area contributed by atoms with Crippen LogP contribution in [-0.4, -0.2) is 47.4 Å². The molecule has 0 aliphatic carbocycles. The number of unbranched alkanes of at least 4 members (excludes halogenated alkanes) is 30. The van der Waals surface area contributed by atoms with Gasteiger partial charge < -0.3 is 20.3 Å². The number of rotatable bonds is 41. The van der Waals surface area contributed by atoms with E-state index in [4.69, 9.17) is 4.74 Å². The van der Waals surface area contributed by atoms with Gasteiger partial charge in [-0.2, -0.15) is 0 Å². The Hall–Kier alpha value is -1.40. The van der Waals surface area contributed by atoms with E-state index in [1.54, 1.807) is 6.08 Å². The molecule has 0 rings (SSSR count). The third-order valence-electron chi connectivity index (χ3n) is 10.3. The van der Waals surface area contributed by atoms with Gasteiger partial charge in [0.25, 0.3) is 0 Å². The smallest absolute Gasteiger partial charge is 0.305 e. The summed E-state index contributed by atoms with van der Waals surface area (Å²) in [6, 6.07) is -0.645. The highest BCUT2D eigenvalue weighted by molar-refractivity contribution is 5.76. The summed E-state index contributed by atoms with van der Waals surface area (Å²) in [5.41, 5.74) is 0. The third-order valence-corrected chi connectivity index (χ3v) is 10.3. The molecule has 0 aromatic heterocycles. The zero-order valence-corrected chi connectivity index (χ0v) is 34.1. The summed E-state index contributed by atoms with van der Waals surface area (Å²) in [6.07, 6.45) is 44.7. The first kappa shape index (κ1) is 49.6. The van der Waals surface area contributed by atoms with Crippen LogP contribution in [0.4, 0.5) is 0 Å². The summed E-state index contributed by atoms with van der Waals surface area (Å²) in [5, 5.41) is 23.0. The van der Waals surface area contributed by atoms with Crippen molar-refractivity contribution in [2.45, 2.75) is 251 Å². The molecular weight excluding hydrogens is 634 g/mol. The van der Waals surface area contributed by atoms with E-state index in [1.807, 2.05) is 6.08 Å². The van der Waals surface area contributed by atoms with Crippen molar-refractivity contribution in [1.82, 2.24) is 5.32 Å². The van der Waals surface area contributed by atoms with E-state index in [0.717, 1.165) is 57.8 Å². The van der Waals surface area contributed by atoms with Crippen LogP contribution in [0.1, 0.15) is 239 Å². The Kier molecular flexibility index (Phi) is 40.2. The van der Waals surface area contributed by atoms with Crippen LogP contribution in [0, 0.1) is 0 Å². The predicted octanol–water partition coefficient (Wildman–Crippen LogP) is 12.6. The minimum absolute atomic E-state index is 0.0280. The fourth-order valence-corrected chi connectivity index (χ4v) is 6.81. The highest BCUT2D eigenvalue weighted by Crippen LogP contribution is 2.15. The molecule has 0 aliphatic rings. The molecule has 3 N–H and O–H groups in total. The number of amides is 1. The fraction of sp³-hybridized carbons (Fsp3) is 0.911. The summed E-state index contributed by atoms with van der Waals surface area (Å²) < 4.78 is 5.42. The molecule has 0 saturated carbocycles. The Labute approximate surface area is 317 Å². The SMILES string of the molecule is CCCCCCCCCCCCCC/C=C/C(O)C(CO)NC(=O)CCCCCCCCCCCOC(=O)CCCCCCCCCCCCC. The number of carbonyl (C=O) groups is 2. The van der Waals surface area contributed by atoms with Crippen LogP contribution in [0.25, 0.3) is 0 Å². The van der Waals surface area contributed by atoms with Gasteiger partial charge in [-0.05, 0) is 32.1 Å². The summed E-state index contributed by atoms with van der Waals surface area (Å²) in [7, 11) is 0. The van der Waals surface area contributed by atoms with Gasteiger partial charge in [-0.1, -0.05) is 206 Å². The Balaban J connectivity index is 3.55. The van der Waals surface area contributed by atoms with E-state index in [0.29, 0.717) is 19.4 Å². The minimum atomic E-state index is -0.859. The molecule has 51 heavy (non-hydrogen) atoms. The summed E-state index contributed by atoms with van der Waals surface area (Å²) in [5.74, 6) is -0.123.